The van der Waals surface area contributed by atoms with Gasteiger partial charge in [-0.2, -0.15) is 0 Å². The van der Waals surface area contributed by atoms with Crippen LogP contribution in [-0.2, 0) is 15.9 Å². The van der Waals surface area contributed by atoms with Crippen LogP contribution in [0, 0.1) is 6.92 Å². The highest BCUT2D eigenvalue weighted by atomic mass is 16.5. The predicted octanol–water partition coefficient (Wildman–Crippen LogP) is 3.56. The summed E-state index contributed by atoms with van der Waals surface area (Å²) >= 11 is 0. The van der Waals surface area contributed by atoms with Gasteiger partial charge in [0.1, 0.15) is 0 Å². The lowest BCUT2D eigenvalue weighted by molar-refractivity contribution is 0.0524. The van der Waals surface area contributed by atoms with Gasteiger partial charge in [-0.1, -0.05) is 0 Å². The van der Waals surface area contributed by atoms with Gasteiger partial charge in [0.25, 0.3) is 0 Å². The Balaban J connectivity index is 1.84. The third kappa shape index (κ3) is 3.17. The van der Waals surface area contributed by atoms with Crippen LogP contribution >= 0.6 is 0 Å². The number of hydrogen-bond donors (Lipinski definition) is 0. The lowest BCUT2D eigenvalue weighted by Gasteiger charge is -2.27. The zero-order valence-electron chi connectivity index (χ0n) is 13.6. The quantitative estimate of drug-likeness (QED) is 0.798. The SMILES string of the molecule is CCOC(=O)c1cc2c(nc1C)C(CC1CCCO1)CCC2. The zero-order chi connectivity index (χ0) is 15.5. The van der Waals surface area contributed by atoms with Gasteiger partial charge in [-0.05, 0) is 64.0 Å². The number of carbonyl (C=O) groups excluding carboxylic acids is 1. The summed E-state index contributed by atoms with van der Waals surface area (Å²) in [6, 6.07) is 2.01. The highest BCUT2D eigenvalue weighted by Gasteiger charge is 2.28. The molecule has 0 bridgehead atoms. The minimum atomic E-state index is -0.253. The molecule has 0 aromatic carbocycles. The summed E-state index contributed by atoms with van der Waals surface area (Å²) in [5, 5.41) is 0. The van der Waals surface area contributed by atoms with Gasteiger partial charge in [0.05, 0.1) is 24.0 Å². The first-order valence-electron chi connectivity index (χ1n) is 8.48. The van der Waals surface area contributed by atoms with Gasteiger partial charge in [0.15, 0.2) is 0 Å². The van der Waals surface area contributed by atoms with E-state index in [1.807, 2.05) is 19.9 Å². The van der Waals surface area contributed by atoms with Gasteiger partial charge >= 0.3 is 5.97 Å². The standard InChI is InChI=1S/C18H25NO3/c1-3-21-18(20)16-11-14-7-4-6-13(17(14)19-12(16)2)10-15-8-5-9-22-15/h11,13,15H,3-10H2,1-2H3. The van der Waals surface area contributed by atoms with Gasteiger partial charge in [0, 0.05) is 18.2 Å². The molecule has 120 valence electrons. The van der Waals surface area contributed by atoms with Crippen molar-refractivity contribution in [2.45, 2.75) is 64.4 Å². The molecule has 4 nitrogen and oxygen atoms in total. The molecule has 0 spiro atoms. The maximum atomic E-state index is 12.0. The van der Waals surface area contributed by atoms with Crippen molar-refractivity contribution < 1.29 is 14.3 Å². The Morgan fingerprint density at radius 3 is 3.00 bits per heavy atom. The molecule has 0 amide bonds. The molecule has 0 N–H and O–H groups in total. The first kappa shape index (κ1) is 15.5. The van der Waals surface area contributed by atoms with Crippen LogP contribution in [0.1, 0.15) is 72.3 Å². The smallest absolute Gasteiger partial charge is 0.339 e. The van der Waals surface area contributed by atoms with Crippen molar-refractivity contribution in [3.8, 4) is 0 Å². The minimum Gasteiger partial charge on any atom is -0.462 e. The van der Waals surface area contributed by atoms with Crippen LogP contribution in [0.5, 0.6) is 0 Å². The molecule has 2 atom stereocenters. The van der Waals surface area contributed by atoms with Gasteiger partial charge in [-0.25, -0.2) is 4.79 Å². The van der Waals surface area contributed by atoms with E-state index in [1.165, 1.54) is 30.5 Å². The first-order valence-corrected chi connectivity index (χ1v) is 8.48. The first-order chi connectivity index (χ1) is 10.7. The Hall–Kier alpha value is -1.42. The molecule has 1 aromatic heterocycles. The van der Waals surface area contributed by atoms with E-state index in [-0.39, 0.29) is 5.97 Å². The molecular weight excluding hydrogens is 278 g/mol. The fraction of sp³-hybridized carbons (Fsp3) is 0.667. The van der Waals surface area contributed by atoms with Crippen LogP contribution in [0.3, 0.4) is 0 Å². The van der Waals surface area contributed by atoms with E-state index in [1.54, 1.807) is 0 Å². The lowest BCUT2D eigenvalue weighted by Crippen LogP contribution is -2.20. The van der Waals surface area contributed by atoms with Gasteiger partial charge in [-0.15, -0.1) is 0 Å². The second kappa shape index (κ2) is 6.78. The number of esters is 1. The molecule has 2 heterocycles. The van der Waals surface area contributed by atoms with Crippen LogP contribution < -0.4 is 0 Å². The van der Waals surface area contributed by atoms with E-state index in [0.717, 1.165) is 31.6 Å². The molecule has 1 saturated heterocycles. The van der Waals surface area contributed by atoms with Gasteiger partial charge < -0.3 is 9.47 Å². The molecular formula is C18H25NO3. The molecule has 2 unspecified atom stereocenters. The van der Waals surface area contributed by atoms with E-state index in [9.17, 15) is 4.79 Å². The maximum Gasteiger partial charge on any atom is 0.339 e. The Morgan fingerprint density at radius 2 is 2.27 bits per heavy atom. The van der Waals surface area contributed by atoms with Crippen molar-refractivity contribution in [2.24, 2.45) is 0 Å². The number of carbonyl (C=O) groups is 1. The third-order valence-electron chi connectivity index (χ3n) is 4.78. The second-order valence-electron chi connectivity index (χ2n) is 6.35. The molecule has 0 radical (unpaired) electrons. The van der Waals surface area contributed by atoms with Crippen LogP contribution in [0.4, 0.5) is 0 Å². The fourth-order valence-corrected chi connectivity index (χ4v) is 3.69. The number of aryl methyl sites for hydroxylation is 2. The Bertz CT molecular complexity index is 550. The summed E-state index contributed by atoms with van der Waals surface area (Å²) in [7, 11) is 0. The van der Waals surface area contributed by atoms with Gasteiger partial charge in [0.2, 0.25) is 0 Å². The number of aromatic nitrogens is 1. The summed E-state index contributed by atoms with van der Waals surface area (Å²) < 4.78 is 10.9. The van der Waals surface area contributed by atoms with Crippen molar-refractivity contribution in [3.05, 3.63) is 28.6 Å². The monoisotopic (exact) mass is 303 g/mol. The van der Waals surface area contributed by atoms with E-state index in [0.29, 0.717) is 24.2 Å². The molecule has 22 heavy (non-hydrogen) atoms. The number of ether oxygens (including phenoxy) is 2. The van der Waals surface area contributed by atoms with Crippen molar-refractivity contribution >= 4 is 5.97 Å². The largest absolute Gasteiger partial charge is 0.462 e. The fourth-order valence-electron chi connectivity index (χ4n) is 3.69. The van der Waals surface area contributed by atoms with Crippen LogP contribution in [0.2, 0.25) is 0 Å². The summed E-state index contributed by atoms with van der Waals surface area (Å²) in [5.41, 5.74) is 3.82. The highest BCUT2D eigenvalue weighted by Crippen LogP contribution is 2.36. The van der Waals surface area contributed by atoms with Gasteiger partial charge in [-0.3, -0.25) is 4.98 Å². The summed E-state index contributed by atoms with van der Waals surface area (Å²) in [5.74, 6) is 0.221. The van der Waals surface area contributed by atoms with E-state index in [4.69, 9.17) is 14.5 Å². The van der Waals surface area contributed by atoms with E-state index >= 15 is 0 Å². The summed E-state index contributed by atoms with van der Waals surface area (Å²) in [6.07, 6.45) is 7.16. The lowest BCUT2D eigenvalue weighted by atomic mass is 9.82. The predicted molar refractivity (Wildman–Crippen MR) is 84.2 cm³/mol. The Morgan fingerprint density at radius 1 is 1.41 bits per heavy atom. The summed E-state index contributed by atoms with van der Waals surface area (Å²) in [4.78, 5) is 16.8. The van der Waals surface area contributed by atoms with Crippen LogP contribution in [-0.4, -0.2) is 30.3 Å². The number of fused-ring (bicyclic) bond motifs is 1. The van der Waals surface area contributed by atoms with Crippen LogP contribution in [0.15, 0.2) is 6.07 Å². The Kier molecular flexibility index (Phi) is 4.77. The second-order valence-corrected chi connectivity index (χ2v) is 6.35. The molecule has 1 aliphatic heterocycles. The number of hydrogen-bond acceptors (Lipinski definition) is 4. The third-order valence-corrected chi connectivity index (χ3v) is 4.78. The van der Waals surface area contributed by atoms with Crippen LogP contribution in [0.25, 0.3) is 0 Å². The number of pyridine rings is 1. The molecule has 1 aliphatic carbocycles. The molecule has 0 saturated carbocycles. The Labute approximate surface area is 132 Å². The van der Waals surface area contributed by atoms with Crippen molar-refractivity contribution in [3.63, 3.8) is 0 Å². The van der Waals surface area contributed by atoms with Crippen molar-refractivity contribution in [2.75, 3.05) is 13.2 Å². The molecule has 1 fully saturated rings. The normalized spacial score (nSPS) is 24.1. The average molecular weight is 303 g/mol. The van der Waals surface area contributed by atoms with E-state index in [2.05, 4.69) is 0 Å². The average Bonchev–Trinajstić information content (AvgIpc) is 3.00. The molecule has 1 aromatic rings. The minimum absolute atomic E-state index is 0.253. The summed E-state index contributed by atoms with van der Waals surface area (Å²) in [6.45, 7) is 5.04. The molecule has 4 heteroatoms. The van der Waals surface area contributed by atoms with Crippen molar-refractivity contribution in [1.82, 2.24) is 4.98 Å². The topological polar surface area (TPSA) is 48.4 Å². The van der Waals surface area contributed by atoms with Crippen molar-refractivity contribution in [1.29, 1.82) is 0 Å². The molecule has 2 aliphatic rings. The number of nitrogens with zero attached hydrogens (tertiary/aromatic N) is 1. The highest BCUT2D eigenvalue weighted by molar-refractivity contribution is 5.90. The zero-order valence-corrected chi connectivity index (χ0v) is 13.6. The molecule has 3 rings (SSSR count). The maximum absolute atomic E-state index is 12.0. The van der Waals surface area contributed by atoms with E-state index < -0.39 is 0 Å². The number of rotatable bonds is 4.